The number of nitrogens with one attached hydrogen (secondary N) is 2. The number of nitrogens with zero attached hydrogens (tertiary/aromatic N) is 1. The molecule has 0 aromatic carbocycles. The Morgan fingerprint density at radius 2 is 1.70 bits per heavy atom. The van der Waals surface area contributed by atoms with Crippen molar-refractivity contribution in [2.45, 2.75) is 83.5 Å². The van der Waals surface area contributed by atoms with Crippen molar-refractivity contribution in [3.05, 3.63) is 0 Å². The van der Waals surface area contributed by atoms with Crippen molar-refractivity contribution in [3.8, 4) is 0 Å². The molecule has 1 saturated carbocycles. The third kappa shape index (κ3) is 3.87. The van der Waals surface area contributed by atoms with Gasteiger partial charge in [0.05, 0.1) is 0 Å². The van der Waals surface area contributed by atoms with Crippen LogP contribution in [-0.4, -0.2) is 41.1 Å². The average Bonchev–Trinajstić information content (AvgIpc) is 3.05. The van der Waals surface area contributed by atoms with Gasteiger partial charge in [0.15, 0.2) is 0 Å². The molecule has 1 aliphatic heterocycles. The molecule has 1 atom stereocenters. The van der Waals surface area contributed by atoms with Gasteiger partial charge in [-0.25, -0.2) is 4.79 Å². The van der Waals surface area contributed by atoms with E-state index in [0.717, 1.165) is 12.8 Å². The quantitative estimate of drug-likeness (QED) is 0.835. The van der Waals surface area contributed by atoms with Crippen LogP contribution in [0.5, 0.6) is 0 Å². The minimum Gasteiger partial charge on any atom is -0.335 e. The first kappa shape index (κ1) is 15.6. The molecule has 4 nitrogen and oxygen atoms in total. The number of urea groups is 1. The molecular formula is C16H31N3O. The van der Waals surface area contributed by atoms with Crippen molar-refractivity contribution in [1.29, 1.82) is 0 Å². The van der Waals surface area contributed by atoms with E-state index in [2.05, 4.69) is 45.3 Å². The molecule has 0 radical (unpaired) electrons. The largest absolute Gasteiger partial charge is 0.335 e. The molecule has 0 aromatic heterocycles. The molecule has 0 spiro atoms. The van der Waals surface area contributed by atoms with Gasteiger partial charge < -0.3 is 15.5 Å². The fraction of sp³-hybridized carbons (Fsp3) is 0.938. The number of amides is 2. The Kier molecular flexibility index (Phi) is 4.07. The molecular weight excluding hydrogens is 250 g/mol. The van der Waals surface area contributed by atoms with Crippen LogP contribution in [-0.2, 0) is 0 Å². The number of hydrogen-bond donors (Lipinski definition) is 2. The minimum atomic E-state index is 0.0698. The summed E-state index contributed by atoms with van der Waals surface area (Å²) in [5.41, 5.74) is 0.140. The zero-order valence-electron chi connectivity index (χ0n) is 13.9. The van der Waals surface area contributed by atoms with E-state index in [4.69, 9.17) is 0 Å². The van der Waals surface area contributed by atoms with Gasteiger partial charge in [-0.3, -0.25) is 0 Å². The molecule has 0 aromatic rings. The normalized spacial score (nSPS) is 26.9. The van der Waals surface area contributed by atoms with Crippen LogP contribution in [0.3, 0.4) is 0 Å². The lowest BCUT2D eigenvalue weighted by Gasteiger charge is -2.47. The van der Waals surface area contributed by atoms with Gasteiger partial charge in [-0.2, -0.15) is 0 Å². The predicted octanol–water partition coefficient (Wildman–Crippen LogP) is 2.74. The Balaban J connectivity index is 1.93. The lowest BCUT2D eigenvalue weighted by molar-refractivity contribution is 0.136. The van der Waals surface area contributed by atoms with Crippen LogP contribution in [0.2, 0.25) is 0 Å². The monoisotopic (exact) mass is 281 g/mol. The molecule has 2 fully saturated rings. The second kappa shape index (κ2) is 5.21. The maximum absolute atomic E-state index is 12.4. The fourth-order valence-electron chi connectivity index (χ4n) is 3.78. The average molecular weight is 281 g/mol. The number of carbonyl (C=O) groups excluding carboxylic acids is 1. The van der Waals surface area contributed by atoms with E-state index in [1.54, 1.807) is 0 Å². The van der Waals surface area contributed by atoms with Crippen LogP contribution in [0.25, 0.3) is 0 Å². The van der Waals surface area contributed by atoms with Crippen LogP contribution >= 0.6 is 0 Å². The van der Waals surface area contributed by atoms with E-state index in [9.17, 15) is 4.79 Å². The molecule has 116 valence electrons. The van der Waals surface area contributed by atoms with E-state index in [0.29, 0.717) is 12.0 Å². The summed E-state index contributed by atoms with van der Waals surface area (Å²) in [6.07, 6.45) is 4.50. The second-order valence-corrected chi connectivity index (χ2v) is 8.14. The molecule has 1 heterocycles. The maximum atomic E-state index is 12.4. The number of hydrogen-bond acceptors (Lipinski definition) is 2. The Labute approximate surface area is 123 Å². The highest BCUT2D eigenvalue weighted by Crippen LogP contribution is 2.35. The van der Waals surface area contributed by atoms with Crippen molar-refractivity contribution < 1.29 is 4.79 Å². The molecule has 1 unspecified atom stereocenters. The third-order valence-electron chi connectivity index (χ3n) is 4.75. The minimum absolute atomic E-state index is 0.0698. The Bertz CT molecular complexity index is 358. The Hall–Kier alpha value is -0.770. The van der Waals surface area contributed by atoms with Gasteiger partial charge in [-0.1, -0.05) is 0 Å². The summed E-state index contributed by atoms with van der Waals surface area (Å²) in [4.78, 5) is 14.3. The third-order valence-corrected chi connectivity index (χ3v) is 4.75. The van der Waals surface area contributed by atoms with Gasteiger partial charge in [-0.05, 0) is 66.2 Å². The molecule has 2 N–H and O–H groups in total. The summed E-state index contributed by atoms with van der Waals surface area (Å²) < 4.78 is 0. The Morgan fingerprint density at radius 1 is 1.20 bits per heavy atom. The molecule has 0 bridgehead atoms. The van der Waals surface area contributed by atoms with Gasteiger partial charge in [0.1, 0.15) is 0 Å². The SMILES string of the molecule is CC(C1CC1)N(C)C(=O)NC1CC(C)(C)NC(C)(C)C1. The van der Waals surface area contributed by atoms with Crippen LogP contribution in [0, 0.1) is 5.92 Å². The first-order valence-corrected chi connectivity index (χ1v) is 7.92. The lowest BCUT2D eigenvalue weighted by Crippen LogP contribution is -2.63. The molecule has 4 heteroatoms. The van der Waals surface area contributed by atoms with Gasteiger partial charge in [0, 0.05) is 30.2 Å². The summed E-state index contributed by atoms with van der Waals surface area (Å²) in [5, 5.41) is 6.89. The zero-order chi connectivity index (χ0) is 15.1. The molecule has 2 rings (SSSR count). The van der Waals surface area contributed by atoms with Crippen molar-refractivity contribution >= 4 is 6.03 Å². The highest BCUT2D eigenvalue weighted by atomic mass is 16.2. The molecule has 2 amide bonds. The summed E-state index contributed by atoms with van der Waals surface area (Å²) in [6, 6.07) is 0.697. The fourth-order valence-corrected chi connectivity index (χ4v) is 3.78. The predicted molar refractivity (Wildman–Crippen MR) is 82.8 cm³/mol. The van der Waals surface area contributed by atoms with Crippen molar-refractivity contribution in [1.82, 2.24) is 15.5 Å². The van der Waals surface area contributed by atoms with E-state index in [1.807, 2.05) is 11.9 Å². The summed E-state index contributed by atoms with van der Waals surface area (Å²) >= 11 is 0. The Morgan fingerprint density at radius 3 is 2.15 bits per heavy atom. The number of carbonyl (C=O) groups is 1. The van der Waals surface area contributed by atoms with Crippen LogP contribution in [0.4, 0.5) is 4.79 Å². The van der Waals surface area contributed by atoms with Gasteiger partial charge in [-0.15, -0.1) is 0 Å². The zero-order valence-corrected chi connectivity index (χ0v) is 13.9. The second-order valence-electron chi connectivity index (χ2n) is 8.14. The summed E-state index contributed by atoms with van der Waals surface area (Å²) in [6.45, 7) is 11.0. The van der Waals surface area contributed by atoms with E-state index in [1.165, 1.54) is 12.8 Å². The smallest absolute Gasteiger partial charge is 0.317 e. The van der Waals surface area contributed by atoms with Crippen molar-refractivity contribution in [3.63, 3.8) is 0 Å². The van der Waals surface area contributed by atoms with Crippen LogP contribution in [0.1, 0.15) is 60.3 Å². The van der Waals surface area contributed by atoms with Crippen molar-refractivity contribution in [2.24, 2.45) is 5.92 Å². The van der Waals surface area contributed by atoms with Crippen LogP contribution < -0.4 is 10.6 Å². The van der Waals surface area contributed by atoms with Gasteiger partial charge >= 0.3 is 6.03 Å². The van der Waals surface area contributed by atoms with E-state index < -0.39 is 0 Å². The summed E-state index contributed by atoms with van der Waals surface area (Å²) in [5.74, 6) is 0.714. The van der Waals surface area contributed by atoms with Gasteiger partial charge in [0.25, 0.3) is 0 Å². The van der Waals surface area contributed by atoms with E-state index in [-0.39, 0.29) is 23.2 Å². The van der Waals surface area contributed by atoms with Crippen LogP contribution in [0.15, 0.2) is 0 Å². The standard InChI is InChI=1S/C16H31N3O/c1-11(12-7-8-12)19(6)14(20)17-13-9-15(2,3)18-16(4,5)10-13/h11-13,18H,7-10H2,1-6H3,(H,17,20). The lowest BCUT2D eigenvalue weighted by atomic mass is 9.79. The first-order chi connectivity index (χ1) is 9.10. The molecule has 1 aliphatic carbocycles. The number of piperidine rings is 1. The topological polar surface area (TPSA) is 44.4 Å². The number of rotatable bonds is 3. The maximum Gasteiger partial charge on any atom is 0.317 e. The molecule has 2 aliphatic rings. The first-order valence-electron chi connectivity index (χ1n) is 7.92. The molecule has 1 saturated heterocycles. The highest BCUT2D eigenvalue weighted by Gasteiger charge is 2.39. The van der Waals surface area contributed by atoms with E-state index >= 15 is 0 Å². The summed E-state index contributed by atoms with van der Waals surface area (Å²) in [7, 11) is 1.93. The van der Waals surface area contributed by atoms with Gasteiger partial charge in [0.2, 0.25) is 0 Å². The highest BCUT2D eigenvalue weighted by molar-refractivity contribution is 5.74. The van der Waals surface area contributed by atoms with Crippen molar-refractivity contribution in [2.75, 3.05) is 7.05 Å². The molecule has 20 heavy (non-hydrogen) atoms.